The van der Waals surface area contributed by atoms with Gasteiger partial charge in [-0.05, 0) is 60.3 Å². The Kier molecular flexibility index (Phi) is 8.51. The Morgan fingerprint density at radius 2 is 1.66 bits per heavy atom. The van der Waals surface area contributed by atoms with E-state index in [1.165, 1.54) is 6.07 Å². The number of nitrogens with one attached hydrogen (secondary N) is 1. The van der Waals surface area contributed by atoms with Crippen LogP contribution >= 0.6 is 0 Å². The number of rotatable bonds is 10. The number of hydrogen-bond acceptors (Lipinski definition) is 5. The molecule has 0 aliphatic rings. The molecule has 0 amide bonds. The molecular formula is C25H37NO5Si. The highest BCUT2D eigenvalue weighted by Crippen LogP contribution is 2.40. The summed E-state index contributed by atoms with van der Waals surface area (Å²) in [6.07, 6.45) is 0.430. The predicted molar refractivity (Wildman–Crippen MR) is 130 cm³/mol. The van der Waals surface area contributed by atoms with E-state index in [9.17, 15) is 15.0 Å². The molecule has 0 aliphatic heterocycles. The van der Waals surface area contributed by atoms with Crippen molar-refractivity contribution in [3.63, 3.8) is 0 Å². The fourth-order valence-electron chi connectivity index (χ4n) is 3.34. The van der Waals surface area contributed by atoms with Crippen molar-refractivity contribution in [2.24, 2.45) is 0 Å². The summed E-state index contributed by atoms with van der Waals surface area (Å²) in [6.45, 7) is 13.5. The Bertz CT molecular complexity index is 903. The van der Waals surface area contributed by atoms with Gasteiger partial charge in [0.1, 0.15) is 11.5 Å². The van der Waals surface area contributed by atoms with Crippen molar-refractivity contribution in [2.75, 3.05) is 6.54 Å². The molecule has 0 aliphatic carbocycles. The van der Waals surface area contributed by atoms with Crippen molar-refractivity contribution in [2.45, 2.75) is 70.8 Å². The number of benzene rings is 2. The number of aliphatic carboxylic acids is 1. The summed E-state index contributed by atoms with van der Waals surface area (Å²) < 4.78 is 6.65. The highest BCUT2D eigenvalue weighted by molar-refractivity contribution is 6.74. The zero-order valence-corrected chi connectivity index (χ0v) is 21.0. The largest absolute Gasteiger partial charge is 0.508 e. The Labute approximate surface area is 192 Å². The fourth-order valence-corrected chi connectivity index (χ4v) is 4.62. The minimum Gasteiger partial charge on any atom is -0.508 e. The number of carboxylic acid groups (broad SMARTS) is 1. The molecule has 2 aromatic carbocycles. The van der Waals surface area contributed by atoms with Crippen LogP contribution in [0.4, 0.5) is 0 Å². The van der Waals surface area contributed by atoms with Crippen LogP contribution in [0.5, 0.6) is 11.5 Å². The Balaban J connectivity index is 2.14. The summed E-state index contributed by atoms with van der Waals surface area (Å²) in [5.41, 5.74) is 2.59. The molecule has 2 aromatic rings. The predicted octanol–water partition coefficient (Wildman–Crippen LogP) is 5.01. The molecule has 0 heterocycles. The lowest BCUT2D eigenvalue weighted by Gasteiger charge is -2.39. The molecule has 0 fully saturated rings. The van der Waals surface area contributed by atoms with E-state index in [4.69, 9.17) is 9.53 Å². The van der Waals surface area contributed by atoms with Crippen LogP contribution in [0, 0.1) is 0 Å². The highest BCUT2D eigenvalue weighted by Gasteiger charge is 2.39. The van der Waals surface area contributed by atoms with Gasteiger partial charge in [-0.25, -0.2) is 0 Å². The van der Waals surface area contributed by atoms with Crippen molar-refractivity contribution >= 4 is 14.3 Å². The molecule has 2 atom stereocenters. The van der Waals surface area contributed by atoms with Gasteiger partial charge in [0.05, 0.1) is 12.5 Å². The number of hydrogen-bond donors (Lipinski definition) is 4. The lowest BCUT2D eigenvalue weighted by Crippen LogP contribution is -2.44. The minimum atomic E-state index is -2.11. The van der Waals surface area contributed by atoms with Crippen LogP contribution in [0.25, 0.3) is 0 Å². The van der Waals surface area contributed by atoms with Crippen LogP contribution in [-0.4, -0.2) is 42.2 Å². The second-order valence-electron chi connectivity index (χ2n) is 10.1. The molecule has 4 N–H and O–H groups in total. The van der Waals surface area contributed by atoms with Crippen molar-refractivity contribution < 1.29 is 24.5 Å². The van der Waals surface area contributed by atoms with Crippen LogP contribution in [-0.2, 0) is 22.1 Å². The molecule has 2 rings (SSSR count). The van der Waals surface area contributed by atoms with Crippen molar-refractivity contribution in [3.8, 4) is 11.5 Å². The van der Waals surface area contributed by atoms with Gasteiger partial charge in [0.2, 0.25) is 0 Å². The van der Waals surface area contributed by atoms with Gasteiger partial charge in [-0.1, -0.05) is 45.0 Å². The lowest BCUT2D eigenvalue weighted by molar-refractivity contribution is -0.136. The van der Waals surface area contributed by atoms with E-state index >= 15 is 0 Å². The van der Waals surface area contributed by atoms with Gasteiger partial charge in [-0.2, -0.15) is 0 Å². The first-order valence-corrected chi connectivity index (χ1v) is 13.9. The fraction of sp³-hybridized carbons (Fsp3) is 0.480. The summed E-state index contributed by atoms with van der Waals surface area (Å²) in [5.74, 6) is -0.826. The van der Waals surface area contributed by atoms with Crippen molar-refractivity contribution in [1.82, 2.24) is 5.32 Å². The third-order valence-electron chi connectivity index (χ3n) is 6.08. The van der Waals surface area contributed by atoms with Gasteiger partial charge < -0.3 is 25.1 Å². The van der Waals surface area contributed by atoms with Crippen molar-refractivity contribution in [3.05, 3.63) is 59.2 Å². The second-order valence-corrected chi connectivity index (χ2v) is 14.8. The molecule has 0 aromatic heterocycles. The number of carboxylic acids is 1. The molecule has 6 nitrogen and oxygen atoms in total. The molecule has 2 unspecified atom stereocenters. The van der Waals surface area contributed by atoms with Crippen LogP contribution in [0.1, 0.15) is 50.5 Å². The Morgan fingerprint density at radius 1 is 1.06 bits per heavy atom. The third kappa shape index (κ3) is 7.65. The van der Waals surface area contributed by atoms with Gasteiger partial charge in [0.25, 0.3) is 0 Å². The van der Waals surface area contributed by atoms with Crippen LogP contribution in [0.15, 0.2) is 42.5 Å². The zero-order valence-electron chi connectivity index (χ0n) is 20.0. The van der Waals surface area contributed by atoms with E-state index in [0.717, 1.165) is 23.1 Å². The van der Waals surface area contributed by atoms with Crippen LogP contribution in [0.2, 0.25) is 18.1 Å². The standard InChI is InChI=1S/C25H37NO5Si/c1-17(10-18-8-7-9-19(11-18)12-24(29)30)26-16-23(31-32(5,6)25(2,3)4)20-13-21(27)15-22(28)14-20/h7-9,11,13-15,17,23,26-28H,10,12,16H2,1-6H3,(H,29,30). The quantitative estimate of drug-likeness (QED) is 0.373. The zero-order chi connectivity index (χ0) is 24.1. The second kappa shape index (κ2) is 10.5. The maximum Gasteiger partial charge on any atom is 0.307 e. The van der Waals surface area contributed by atoms with E-state index in [1.807, 2.05) is 24.3 Å². The Morgan fingerprint density at radius 3 is 2.22 bits per heavy atom. The van der Waals surface area contributed by atoms with Gasteiger partial charge in [0.15, 0.2) is 8.32 Å². The summed E-state index contributed by atoms with van der Waals surface area (Å²) >= 11 is 0. The first-order chi connectivity index (χ1) is 14.8. The van der Waals surface area contributed by atoms with Crippen LogP contribution in [0.3, 0.4) is 0 Å². The van der Waals surface area contributed by atoms with Gasteiger partial charge in [0, 0.05) is 18.7 Å². The molecular weight excluding hydrogens is 422 g/mol. The van der Waals surface area contributed by atoms with Crippen LogP contribution < -0.4 is 5.32 Å². The summed E-state index contributed by atoms with van der Waals surface area (Å²) in [5, 5.41) is 32.5. The average molecular weight is 460 g/mol. The van der Waals surface area contributed by atoms with Crippen molar-refractivity contribution in [1.29, 1.82) is 0 Å². The topological polar surface area (TPSA) is 99.0 Å². The lowest BCUT2D eigenvalue weighted by atomic mass is 10.0. The number of phenols is 2. The molecule has 32 heavy (non-hydrogen) atoms. The van der Waals surface area contributed by atoms with E-state index in [2.05, 4.69) is 46.1 Å². The number of aromatic hydroxyl groups is 2. The summed E-state index contributed by atoms with van der Waals surface area (Å²) in [7, 11) is -2.11. The first kappa shape index (κ1) is 25.9. The van der Waals surface area contributed by atoms with Gasteiger partial charge in [-0.3, -0.25) is 4.79 Å². The highest BCUT2D eigenvalue weighted by atomic mass is 28.4. The Hall–Kier alpha value is -2.35. The molecule has 0 saturated heterocycles. The molecule has 0 radical (unpaired) electrons. The van der Waals surface area contributed by atoms with E-state index < -0.39 is 14.3 Å². The third-order valence-corrected chi connectivity index (χ3v) is 10.6. The molecule has 7 heteroatoms. The monoisotopic (exact) mass is 459 g/mol. The van der Waals surface area contributed by atoms with E-state index in [0.29, 0.717) is 6.54 Å². The smallest absolute Gasteiger partial charge is 0.307 e. The van der Waals surface area contributed by atoms with E-state index in [-0.39, 0.29) is 35.1 Å². The number of phenolic OH excluding ortho intramolecular Hbond substituents is 2. The molecule has 0 saturated carbocycles. The maximum atomic E-state index is 11.0. The minimum absolute atomic E-state index is 0.00660. The summed E-state index contributed by atoms with van der Waals surface area (Å²) in [6, 6.07) is 12.4. The molecule has 0 bridgehead atoms. The SMILES string of the molecule is CC(Cc1cccc(CC(=O)O)c1)NCC(O[Si](C)(C)C(C)(C)C)c1cc(O)cc(O)c1. The number of carbonyl (C=O) groups is 1. The summed E-state index contributed by atoms with van der Waals surface area (Å²) in [4.78, 5) is 11.0. The average Bonchev–Trinajstić information content (AvgIpc) is 2.63. The van der Waals surface area contributed by atoms with Gasteiger partial charge >= 0.3 is 5.97 Å². The normalized spacial score (nSPS) is 14.2. The van der Waals surface area contributed by atoms with Gasteiger partial charge in [-0.15, -0.1) is 0 Å². The van der Waals surface area contributed by atoms with E-state index in [1.54, 1.807) is 12.1 Å². The maximum absolute atomic E-state index is 11.0. The molecule has 176 valence electrons. The first-order valence-electron chi connectivity index (χ1n) is 11.0. The molecule has 0 spiro atoms.